The fraction of sp³-hybridized carbons (Fsp3) is 0.273. The van der Waals surface area contributed by atoms with Gasteiger partial charge in [0.05, 0.1) is 35.9 Å². The number of amides is 1. The first-order chi connectivity index (χ1) is 16.4. The molecule has 180 valence electrons. The Bertz CT molecular complexity index is 1120. The van der Waals surface area contributed by atoms with Gasteiger partial charge in [-0.2, -0.15) is 5.10 Å². The Morgan fingerprint density at radius 1 is 1.12 bits per heavy atom. The molecule has 2 aromatic carbocycles. The maximum absolute atomic E-state index is 11.9. The molecule has 0 radical (unpaired) electrons. The number of nitrogens with zero attached hydrogens (tertiary/aromatic N) is 3. The van der Waals surface area contributed by atoms with Crippen LogP contribution in [0.4, 0.5) is 5.13 Å². The molecule has 12 heteroatoms. The van der Waals surface area contributed by atoms with Gasteiger partial charge in [0.2, 0.25) is 11.0 Å². The molecule has 3 rings (SSSR count). The molecule has 0 aliphatic rings. The van der Waals surface area contributed by atoms with Crippen LogP contribution >= 0.6 is 34.5 Å². The highest BCUT2D eigenvalue weighted by Crippen LogP contribution is 2.33. The number of hydrogen-bond acceptors (Lipinski definition) is 9. The van der Waals surface area contributed by atoms with E-state index in [1.54, 1.807) is 12.1 Å². The third kappa shape index (κ3) is 8.45. The molecule has 0 saturated heterocycles. The summed E-state index contributed by atoms with van der Waals surface area (Å²) in [5, 5.41) is 12.8. The Labute approximate surface area is 210 Å². The lowest BCUT2D eigenvalue weighted by Gasteiger charge is -2.11. The highest BCUT2D eigenvalue weighted by molar-refractivity contribution is 7.15. The van der Waals surface area contributed by atoms with Crippen molar-refractivity contribution in [1.82, 2.24) is 15.6 Å². The Morgan fingerprint density at radius 3 is 2.53 bits per heavy atom. The monoisotopic (exact) mass is 523 g/mol. The number of carbonyl (C=O) groups is 1. The van der Waals surface area contributed by atoms with Gasteiger partial charge in [-0.3, -0.25) is 4.79 Å². The predicted octanol–water partition coefficient (Wildman–Crippen LogP) is 3.90. The fourth-order valence-corrected chi connectivity index (χ4v) is 3.93. The van der Waals surface area contributed by atoms with Crippen molar-refractivity contribution >= 4 is 51.8 Å². The first-order valence-corrected chi connectivity index (χ1v) is 11.8. The van der Waals surface area contributed by atoms with Crippen LogP contribution in [-0.2, 0) is 16.0 Å². The summed E-state index contributed by atoms with van der Waals surface area (Å²) >= 11 is 13.7. The predicted molar refractivity (Wildman–Crippen MR) is 133 cm³/mol. The van der Waals surface area contributed by atoms with Crippen LogP contribution in [0.15, 0.2) is 41.5 Å². The normalized spacial score (nSPS) is 11.0. The standard InChI is InChI=1S/C22H23Cl2N5O4S/c1-14-3-2-4-16(9-14)32-7-5-31-6-8-33-21-17(23)10-15(11-18(21)24)13-26-27-19(30)12-20-28-29-22(25)34-20/h2-4,9-11,13H,5-8,12H2,1H3,(H2,25,29)(H,27,30)/b26-13-. The van der Waals surface area contributed by atoms with E-state index in [-0.39, 0.29) is 18.9 Å². The molecule has 34 heavy (non-hydrogen) atoms. The minimum absolute atomic E-state index is 0.0284. The second kappa shape index (κ2) is 13.1. The first-order valence-electron chi connectivity index (χ1n) is 10.2. The Morgan fingerprint density at radius 2 is 1.85 bits per heavy atom. The molecule has 0 bridgehead atoms. The van der Waals surface area contributed by atoms with Crippen LogP contribution in [-0.4, -0.2) is 48.7 Å². The Hall–Kier alpha value is -2.92. The average molecular weight is 524 g/mol. The number of nitrogens with one attached hydrogen (secondary N) is 1. The summed E-state index contributed by atoms with van der Waals surface area (Å²) in [4.78, 5) is 11.9. The molecule has 0 spiro atoms. The molecule has 0 atom stereocenters. The summed E-state index contributed by atoms with van der Waals surface area (Å²) in [5.74, 6) is 0.801. The van der Waals surface area contributed by atoms with Crippen LogP contribution in [0, 0.1) is 6.92 Å². The number of hydrogen-bond donors (Lipinski definition) is 2. The van der Waals surface area contributed by atoms with Gasteiger partial charge in [-0.15, -0.1) is 10.2 Å². The van der Waals surface area contributed by atoms with Crippen molar-refractivity contribution in [1.29, 1.82) is 0 Å². The molecule has 0 saturated carbocycles. The zero-order valence-electron chi connectivity index (χ0n) is 18.3. The van der Waals surface area contributed by atoms with Crippen LogP contribution in [0.2, 0.25) is 10.0 Å². The second-order valence-corrected chi connectivity index (χ2v) is 8.85. The van der Waals surface area contributed by atoms with E-state index in [0.29, 0.717) is 51.3 Å². The van der Waals surface area contributed by atoms with E-state index in [2.05, 4.69) is 20.7 Å². The highest BCUT2D eigenvalue weighted by atomic mass is 35.5. The molecule has 9 nitrogen and oxygen atoms in total. The van der Waals surface area contributed by atoms with Gasteiger partial charge in [0.15, 0.2) is 5.75 Å². The lowest BCUT2D eigenvalue weighted by Crippen LogP contribution is -2.19. The minimum atomic E-state index is -0.353. The van der Waals surface area contributed by atoms with Crippen LogP contribution in [0.25, 0.3) is 0 Å². The molecule has 0 fully saturated rings. The van der Waals surface area contributed by atoms with Crippen molar-refractivity contribution < 1.29 is 19.0 Å². The maximum Gasteiger partial charge on any atom is 0.247 e. The molecule has 0 unspecified atom stereocenters. The number of aryl methyl sites for hydroxylation is 1. The van der Waals surface area contributed by atoms with Crippen molar-refractivity contribution in [3.8, 4) is 11.5 Å². The van der Waals surface area contributed by atoms with E-state index in [9.17, 15) is 4.79 Å². The number of ether oxygens (including phenoxy) is 3. The van der Waals surface area contributed by atoms with E-state index >= 15 is 0 Å². The van der Waals surface area contributed by atoms with Crippen molar-refractivity contribution in [3.63, 3.8) is 0 Å². The smallest absolute Gasteiger partial charge is 0.247 e. The van der Waals surface area contributed by atoms with Gasteiger partial charge in [0, 0.05) is 0 Å². The van der Waals surface area contributed by atoms with Gasteiger partial charge < -0.3 is 19.9 Å². The van der Waals surface area contributed by atoms with Gasteiger partial charge in [0.1, 0.15) is 24.0 Å². The molecule has 1 aromatic heterocycles. The van der Waals surface area contributed by atoms with Crippen molar-refractivity contribution in [2.45, 2.75) is 13.3 Å². The van der Waals surface area contributed by atoms with E-state index in [1.165, 1.54) is 6.21 Å². The van der Waals surface area contributed by atoms with Gasteiger partial charge in [0.25, 0.3) is 0 Å². The second-order valence-electron chi connectivity index (χ2n) is 6.94. The Kier molecular flexibility index (Phi) is 9.89. The number of rotatable bonds is 12. The molecular formula is C22H23Cl2N5O4S. The number of benzene rings is 2. The lowest BCUT2D eigenvalue weighted by atomic mass is 10.2. The molecular weight excluding hydrogens is 501 g/mol. The largest absolute Gasteiger partial charge is 0.491 e. The number of halogens is 2. The average Bonchev–Trinajstić information content (AvgIpc) is 3.19. The lowest BCUT2D eigenvalue weighted by molar-refractivity contribution is -0.120. The number of nitrogen functional groups attached to an aromatic ring is 1. The van der Waals surface area contributed by atoms with Gasteiger partial charge in [-0.1, -0.05) is 46.7 Å². The van der Waals surface area contributed by atoms with Crippen molar-refractivity contribution in [2.24, 2.45) is 5.10 Å². The zero-order chi connectivity index (χ0) is 24.3. The van der Waals surface area contributed by atoms with E-state index < -0.39 is 0 Å². The number of hydrazone groups is 1. The van der Waals surface area contributed by atoms with Gasteiger partial charge in [-0.25, -0.2) is 5.43 Å². The summed E-state index contributed by atoms with van der Waals surface area (Å²) in [6, 6.07) is 11.1. The molecule has 0 aliphatic heterocycles. The molecule has 1 heterocycles. The first kappa shape index (κ1) is 25.7. The maximum atomic E-state index is 11.9. The van der Waals surface area contributed by atoms with Crippen LogP contribution in [0.3, 0.4) is 0 Å². The minimum Gasteiger partial charge on any atom is -0.491 e. The van der Waals surface area contributed by atoms with E-state index in [0.717, 1.165) is 22.6 Å². The highest BCUT2D eigenvalue weighted by Gasteiger charge is 2.10. The van der Waals surface area contributed by atoms with Gasteiger partial charge >= 0.3 is 0 Å². The molecule has 3 aromatic rings. The molecule has 3 N–H and O–H groups in total. The molecule has 0 aliphatic carbocycles. The number of aromatic nitrogens is 2. The third-order valence-electron chi connectivity index (χ3n) is 4.18. The molecule has 1 amide bonds. The fourth-order valence-electron chi connectivity index (χ4n) is 2.71. The summed E-state index contributed by atoms with van der Waals surface area (Å²) in [5.41, 5.74) is 9.61. The summed E-state index contributed by atoms with van der Waals surface area (Å²) in [6.45, 7) is 3.48. The summed E-state index contributed by atoms with van der Waals surface area (Å²) in [6.07, 6.45) is 1.45. The summed E-state index contributed by atoms with van der Waals surface area (Å²) < 4.78 is 16.8. The van der Waals surface area contributed by atoms with E-state index in [4.69, 9.17) is 43.1 Å². The third-order valence-corrected chi connectivity index (χ3v) is 5.49. The van der Waals surface area contributed by atoms with Crippen LogP contribution in [0.1, 0.15) is 16.1 Å². The SMILES string of the molecule is Cc1cccc(OCCOCCOc2c(Cl)cc(/C=N\NC(=O)Cc3nnc(N)s3)cc2Cl)c1. The van der Waals surface area contributed by atoms with Crippen molar-refractivity contribution in [3.05, 3.63) is 62.6 Å². The topological polar surface area (TPSA) is 121 Å². The van der Waals surface area contributed by atoms with Gasteiger partial charge in [-0.05, 0) is 42.3 Å². The summed E-state index contributed by atoms with van der Waals surface area (Å²) in [7, 11) is 0. The quantitative estimate of drug-likeness (QED) is 0.209. The Balaban J connectivity index is 1.37. The van der Waals surface area contributed by atoms with Crippen molar-refractivity contribution in [2.75, 3.05) is 32.2 Å². The van der Waals surface area contributed by atoms with E-state index in [1.807, 2.05) is 31.2 Å². The number of carbonyl (C=O) groups excluding carboxylic acids is 1. The number of nitrogens with two attached hydrogens (primary N) is 1. The van der Waals surface area contributed by atoms with Crippen LogP contribution < -0.4 is 20.6 Å². The van der Waals surface area contributed by atoms with Crippen LogP contribution in [0.5, 0.6) is 11.5 Å². The number of anilines is 1. The zero-order valence-corrected chi connectivity index (χ0v) is 20.6.